The van der Waals surface area contributed by atoms with Gasteiger partial charge in [-0.05, 0) is 29.9 Å². The van der Waals surface area contributed by atoms with Crippen LogP contribution in [-0.2, 0) is 29.5 Å². The number of fused-ring (bicyclic) bond motifs is 1. The number of amides is 1. The molecule has 30 heavy (non-hydrogen) atoms. The molecule has 2 aromatic heterocycles. The molecule has 0 atom stereocenters. The van der Waals surface area contributed by atoms with Gasteiger partial charge in [-0.25, -0.2) is 12.7 Å². The number of carbonyl (C=O) groups is 1. The predicted octanol–water partition coefficient (Wildman–Crippen LogP) is 0.508. The number of piperidine rings is 1. The van der Waals surface area contributed by atoms with E-state index in [0.717, 1.165) is 5.56 Å². The normalized spacial score (nSPS) is 18.3. The zero-order valence-electron chi connectivity index (χ0n) is 17.1. The second-order valence-corrected chi connectivity index (χ2v) is 10.3. The number of rotatable bonds is 4. The molecule has 1 fully saturated rings. The monoisotopic (exact) mass is 431 g/mol. The third kappa shape index (κ3) is 4.01. The summed E-state index contributed by atoms with van der Waals surface area (Å²) in [6.45, 7) is 1.92. The maximum atomic E-state index is 12.9. The van der Waals surface area contributed by atoms with Gasteiger partial charge in [0.05, 0.1) is 6.26 Å². The number of hydrogen-bond donors (Lipinski definition) is 0. The van der Waals surface area contributed by atoms with Crippen LogP contribution in [0.3, 0.4) is 0 Å². The van der Waals surface area contributed by atoms with Crippen LogP contribution < -0.4 is 5.56 Å². The minimum absolute atomic E-state index is 0.0516. The lowest BCUT2D eigenvalue weighted by atomic mass is 9.78. The van der Waals surface area contributed by atoms with Crippen LogP contribution in [-0.4, -0.2) is 64.5 Å². The van der Waals surface area contributed by atoms with Crippen LogP contribution in [0.1, 0.15) is 34.6 Å². The van der Waals surface area contributed by atoms with Crippen molar-refractivity contribution in [3.05, 3.63) is 58.0 Å². The molecular formula is C20H25N5O4S. The minimum Gasteiger partial charge on any atom is -0.337 e. The standard InChI is InChI=1S/C20H25N5O4S/c1-23(12-15-4-3-7-21-11-15)19(27)16-13-24-14-20(10-17(24)22-18(16)26)5-8-25(9-6-20)30(2,28)29/h3-4,7,11,13H,5-6,8-10,12,14H2,1-2H3. The maximum absolute atomic E-state index is 12.9. The summed E-state index contributed by atoms with van der Waals surface area (Å²) in [5.74, 6) is 0.291. The summed E-state index contributed by atoms with van der Waals surface area (Å²) in [5.41, 5.74) is 0.293. The van der Waals surface area contributed by atoms with E-state index in [1.165, 1.54) is 15.5 Å². The van der Waals surface area contributed by atoms with Gasteiger partial charge in [0.1, 0.15) is 11.4 Å². The second kappa shape index (κ2) is 7.59. The molecule has 1 spiro atoms. The highest BCUT2D eigenvalue weighted by molar-refractivity contribution is 7.88. The van der Waals surface area contributed by atoms with Gasteiger partial charge in [-0.15, -0.1) is 0 Å². The third-order valence-electron chi connectivity index (χ3n) is 6.09. The zero-order valence-corrected chi connectivity index (χ0v) is 17.9. The van der Waals surface area contributed by atoms with Crippen molar-refractivity contribution < 1.29 is 13.2 Å². The Labute approximate surface area is 175 Å². The first-order valence-corrected chi connectivity index (χ1v) is 11.7. The summed E-state index contributed by atoms with van der Waals surface area (Å²) in [4.78, 5) is 35.2. The molecule has 4 heterocycles. The number of pyridine rings is 1. The van der Waals surface area contributed by atoms with Crippen LogP contribution in [0, 0.1) is 5.41 Å². The average Bonchev–Trinajstić information content (AvgIpc) is 3.03. The summed E-state index contributed by atoms with van der Waals surface area (Å²) in [5, 5.41) is 0. The van der Waals surface area contributed by atoms with Gasteiger partial charge in [-0.3, -0.25) is 14.6 Å². The van der Waals surface area contributed by atoms with Gasteiger partial charge < -0.3 is 9.47 Å². The molecule has 2 aliphatic rings. The number of nitrogens with zero attached hydrogens (tertiary/aromatic N) is 5. The molecule has 0 N–H and O–H groups in total. The van der Waals surface area contributed by atoms with Gasteiger partial charge >= 0.3 is 0 Å². The fraction of sp³-hybridized carbons (Fsp3) is 0.500. The zero-order chi connectivity index (χ0) is 21.5. The Morgan fingerprint density at radius 2 is 2.03 bits per heavy atom. The van der Waals surface area contributed by atoms with Crippen LogP contribution in [0.2, 0.25) is 0 Å². The Morgan fingerprint density at radius 3 is 2.67 bits per heavy atom. The topological polar surface area (TPSA) is 105 Å². The van der Waals surface area contributed by atoms with Crippen LogP contribution in [0.15, 0.2) is 35.5 Å². The molecule has 1 saturated heterocycles. The molecular weight excluding hydrogens is 406 g/mol. The summed E-state index contributed by atoms with van der Waals surface area (Å²) in [7, 11) is -1.55. The molecule has 1 amide bonds. The van der Waals surface area contributed by atoms with Crippen molar-refractivity contribution in [1.29, 1.82) is 0 Å². The Morgan fingerprint density at radius 1 is 1.30 bits per heavy atom. The van der Waals surface area contributed by atoms with Crippen molar-refractivity contribution >= 4 is 15.9 Å². The SMILES string of the molecule is CN(Cc1cccnc1)C(=O)c1cn2c(nc1=O)CC1(CCN(S(C)(=O)=O)CC1)C2. The highest BCUT2D eigenvalue weighted by Gasteiger charge is 2.42. The molecule has 0 unspecified atom stereocenters. The van der Waals surface area contributed by atoms with Crippen molar-refractivity contribution in [3.63, 3.8) is 0 Å². The number of carbonyl (C=O) groups excluding carboxylic acids is 1. The first-order chi connectivity index (χ1) is 14.2. The Bertz CT molecular complexity index is 1120. The van der Waals surface area contributed by atoms with E-state index in [9.17, 15) is 18.0 Å². The molecule has 0 radical (unpaired) electrons. The van der Waals surface area contributed by atoms with Crippen molar-refractivity contribution in [2.45, 2.75) is 32.4 Å². The molecule has 0 aromatic carbocycles. The lowest BCUT2D eigenvalue weighted by Crippen LogP contribution is -2.43. The van der Waals surface area contributed by atoms with E-state index in [1.807, 2.05) is 10.6 Å². The fourth-order valence-electron chi connectivity index (χ4n) is 4.37. The molecule has 2 aromatic rings. The summed E-state index contributed by atoms with van der Waals surface area (Å²) >= 11 is 0. The van der Waals surface area contributed by atoms with Gasteiger partial charge in [0, 0.05) is 58.2 Å². The lowest BCUT2D eigenvalue weighted by molar-refractivity contribution is 0.0781. The first kappa shape index (κ1) is 20.7. The molecule has 9 nitrogen and oxygen atoms in total. The Kier molecular flexibility index (Phi) is 5.23. The Hall–Kier alpha value is -2.59. The molecule has 0 saturated carbocycles. The van der Waals surface area contributed by atoms with Crippen LogP contribution in [0.5, 0.6) is 0 Å². The largest absolute Gasteiger partial charge is 0.337 e. The van der Waals surface area contributed by atoms with Crippen LogP contribution >= 0.6 is 0 Å². The second-order valence-electron chi connectivity index (χ2n) is 8.37. The summed E-state index contributed by atoms with van der Waals surface area (Å²) in [6, 6.07) is 3.67. The number of sulfonamides is 1. The van der Waals surface area contributed by atoms with E-state index in [-0.39, 0.29) is 16.9 Å². The third-order valence-corrected chi connectivity index (χ3v) is 7.39. The van der Waals surface area contributed by atoms with Crippen molar-refractivity contribution in [1.82, 2.24) is 23.7 Å². The maximum Gasteiger partial charge on any atom is 0.285 e. The van der Waals surface area contributed by atoms with E-state index in [2.05, 4.69) is 9.97 Å². The van der Waals surface area contributed by atoms with Gasteiger partial charge in [0.25, 0.3) is 11.5 Å². The molecule has 0 aliphatic carbocycles. The van der Waals surface area contributed by atoms with Crippen molar-refractivity contribution in [3.8, 4) is 0 Å². The fourth-order valence-corrected chi connectivity index (χ4v) is 5.22. The number of aromatic nitrogens is 3. The van der Waals surface area contributed by atoms with Crippen molar-refractivity contribution in [2.24, 2.45) is 5.41 Å². The molecule has 10 heteroatoms. The summed E-state index contributed by atoms with van der Waals surface area (Å²) < 4.78 is 27.0. The van der Waals surface area contributed by atoms with E-state index in [4.69, 9.17) is 0 Å². The first-order valence-electron chi connectivity index (χ1n) is 9.87. The van der Waals surface area contributed by atoms with Gasteiger partial charge in [-0.1, -0.05) is 6.07 Å². The van der Waals surface area contributed by atoms with Crippen molar-refractivity contribution in [2.75, 3.05) is 26.4 Å². The lowest BCUT2D eigenvalue weighted by Gasteiger charge is -2.37. The van der Waals surface area contributed by atoms with Gasteiger partial charge in [0.15, 0.2) is 0 Å². The summed E-state index contributed by atoms with van der Waals surface area (Å²) in [6.07, 6.45) is 8.24. The Balaban J connectivity index is 1.51. The minimum atomic E-state index is -3.19. The predicted molar refractivity (Wildman–Crippen MR) is 110 cm³/mol. The quantitative estimate of drug-likeness (QED) is 0.698. The smallest absolute Gasteiger partial charge is 0.285 e. The van der Waals surface area contributed by atoms with E-state index in [0.29, 0.717) is 51.3 Å². The van der Waals surface area contributed by atoms with Gasteiger partial charge in [0.2, 0.25) is 10.0 Å². The van der Waals surface area contributed by atoms with Gasteiger partial charge in [-0.2, -0.15) is 4.98 Å². The molecule has 2 aliphatic heterocycles. The molecule has 160 valence electrons. The highest BCUT2D eigenvalue weighted by atomic mass is 32.2. The average molecular weight is 432 g/mol. The van der Waals surface area contributed by atoms with Crippen LogP contribution in [0.25, 0.3) is 0 Å². The van der Waals surface area contributed by atoms with E-state index in [1.54, 1.807) is 31.7 Å². The van der Waals surface area contributed by atoms with E-state index < -0.39 is 15.6 Å². The number of hydrogen-bond acceptors (Lipinski definition) is 6. The highest BCUT2D eigenvalue weighted by Crippen LogP contribution is 2.41. The van der Waals surface area contributed by atoms with Crippen LogP contribution in [0.4, 0.5) is 0 Å². The molecule has 4 rings (SSSR count). The molecule has 0 bridgehead atoms. The van der Waals surface area contributed by atoms with E-state index >= 15 is 0 Å².